The van der Waals surface area contributed by atoms with Gasteiger partial charge in [0.15, 0.2) is 8.07 Å². The zero-order valence-electron chi connectivity index (χ0n) is 26.5. The lowest BCUT2D eigenvalue weighted by molar-refractivity contribution is 0.709. The SMILES string of the molecule is C1=Cc2nc3c4ccccc4nc(-c4ccc(-c5ccc([Si](c6ccccc6)(c6ccccc6)c6ccccc6)cc5)cc4)c3n2CC1. The van der Waals surface area contributed by atoms with Gasteiger partial charge in [-0.25, -0.2) is 9.97 Å². The molecule has 4 heteroatoms. The minimum atomic E-state index is -2.55. The number of aromatic nitrogens is 3. The highest BCUT2D eigenvalue weighted by molar-refractivity contribution is 7.19. The normalized spacial score (nSPS) is 12.8. The van der Waals surface area contributed by atoms with Crippen molar-refractivity contribution in [1.29, 1.82) is 0 Å². The van der Waals surface area contributed by atoms with E-state index < -0.39 is 8.07 Å². The summed E-state index contributed by atoms with van der Waals surface area (Å²) in [4.78, 5) is 10.3. The number of nitrogens with zero attached hydrogens (tertiary/aromatic N) is 3. The summed E-state index contributed by atoms with van der Waals surface area (Å²) in [6.45, 7) is 0.916. The molecule has 228 valence electrons. The third-order valence-electron chi connectivity index (χ3n) is 9.83. The molecule has 0 radical (unpaired) electrons. The Morgan fingerprint density at radius 1 is 0.479 bits per heavy atom. The first-order valence-corrected chi connectivity index (χ1v) is 18.6. The van der Waals surface area contributed by atoms with Gasteiger partial charge in [-0.05, 0) is 50.4 Å². The van der Waals surface area contributed by atoms with Gasteiger partial charge in [0.05, 0.1) is 16.7 Å². The second-order valence-corrected chi connectivity index (χ2v) is 16.3. The molecule has 0 N–H and O–H groups in total. The standard InChI is InChI=1S/C44H33N3Si/c1-4-14-35(15-5-1)48(36-16-6-2-7-17-36,37-18-8-3-9-19-37)38-29-27-33(28-30-38)32-23-25-34(26-24-32)42-44-43(39-20-10-11-21-40(39)45-42)46-41-22-12-13-31-47(41)44/h1-12,14-30H,13,31H2. The Bertz CT molecular complexity index is 2320. The lowest BCUT2D eigenvalue weighted by Crippen LogP contribution is -2.74. The molecule has 1 aliphatic heterocycles. The number of pyridine rings is 1. The van der Waals surface area contributed by atoms with E-state index in [0.717, 1.165) is 52.0 Å². The minimum absolute atomic E-state index is 0.916. The van der Waals surface area contributed by atoms with E-state index in [4.69, 9.17) is 9.97 Å². The largest absolute Gasteiger partial charge is 0.322 e. The van der Waals surface area contributed by atoms with Gasteiger partial charge in [0.2, 0.25) is 0 Å². The predicted octanol–water partition coefficient (Wildman–Crippen LogP) is 7.71. The predicted molar refractivity (Wildman–Crippen MR) is 203 cm³/mol. The molecule has 0 bridgehead atoms. The van der Waals surface area contributed by atoms with Crippen molar-refractivity contribution in [2.75, 3.05) is 0 Å². The summed E-state index contributed by atoms with van der Waals surface area (Å²) in [7, 11) is -2.55. The van der Waals surface area contributed by atoms with Crippen LogP contribution >= 0.6 is 0 Å². The Hall–Kier alpha value is -5.84. The van der Waals surface area contributed by atoms with Crippen LogP contribution in [-0.4, -0.2) is 22.6 Å². The molecule has 0 saturated heterocycles. The summed E-state index contributed by atoms with van der Waals surface area (Å²) < 4.78 is 2.33. The van der Waals surface area contributed by atoms with Crippen LogP contribution in [0.4, 0.5) is 0 Å². The summed E-state index contributed by atoms with van der Waals surface area (Å²) in [6, 6.07) is 59.8. The van der Waals surface area contributed by atoms with Crippen LogP contribution in [0.3, 0.4) is 0 Å². The molecule has 6 aromatic carbocycles. The van der Waals surface area contributed by atoms with E-state index in [2.05, 4.69) is 181 Å². The molecule has 9 rings (SSSR count). The Kier molecular flexibility index (Phi) is 6.95. The van der Waals surface area contributed by atoms with Gasteiger partial charge in [-0.15, -0.1) is 0 Å². The highest BCUT2D eigenvalue weighted by Crippen LogP contribution is 2.35. The molecule has 3 heterocycles. The molecule has 1 aliphatic rings. The minimum Gasteiger partial charge on any atom is -0.322 e. The van der Waals surface area contributed by atoms with Crippen molar-refractivity contribution in [2.45, 2.75) is 13.0 Å². The zero-order valence-corrected chi connectivity index (χ0v) is 27.5. The number of hydrogen-bond acceptors (Lipinski definition) is 2. The van der Waals surface area contributed by atoms with Gasteiger partial charge in [0.25, 0.3) is 0 Å². The van der Waals surface area contributed by atoms with Gasteiger partial charge in [-0.1, -0.05) is 164 Å². The van der Waals surface area contributed by atoms with Crippen LogP contribution in [0.25, 0.3) is 50.4 Å². The van der Waals surface area contributed by atoms with Crippen LogP contribution < -0.4 is 20.7 Å². The Morgan fingerprint density at radius 3 is 1.58 bits per heavy atom. The Labute approximate surface area is 281 Å². The van der Waals surface area contributed by atoms with Crippen molar-refractivity contribution in [3.63, 3.8) is 0 Å². The number of para-hydroxylation sites is 1. The highest BCUT2D eigenvalue weighted by atomic mass is 28.3. The van der Waals surface area contributed by atoms with Crippen LogP contribution in [0.5, 0.6) is 0 Å². The summed E-state index contributed by atoms with van der Waals surface area (Å²) in [5.74, 6) is 1.01. The molecule has 48 heavy (non-hydrogen) atoms. The van der Waals surface area contributed by atoms with Crippen molar-refractivity contribution in [3.8, 4) is 22.4 Å². The van der Waals surface area contributed by atoms with E-state index in [9.17, 15) is 0 Å². The lowest BCUT2D eigenvalue weighted by Gasteiger charge is -2.34. The molecular weight excluding hydrogens is 599 g/mol. The monoisotopic (exact) mass is 631 g/mol. The first-order chi connectivity index (χ1) is 23.8. The molecule has 0 atom stereocenters. The van der Waals surface area contributed by atoms with Gasteiger partial charge in [-0.3, -0.25) is 0 Å². The van der Waals surface area contributed by atoms with Gasteiger partial charge in [-0.2, -0.15) is 0 Å². The molecule has 3 nitrogen and oxygen atoms in total. The van der Waals surface area contributed by atoms with Crippen molar-refractivity contribution < 1.29 is 0 Å². The average molecular weight is 632 g/mol. The van der Waals surface area contributed by atoms with Crippen LogP contribution in [0.15, 0.2) is 170 Å². The quantitative estimate of drug-likeness (QED) is 0.139. The second kappa shape index (κ2) is 11.7. The molecule has 2 aromatic heterocycles. The smallest absolute Gasteiger partial charge is 0.179 e. The fraction of sp³-hybridized carbons (Fsp3) is 0.0455. The zero-order chi connectivity index (χ0) is 31.9. The van der Waals surface area contributed by atoms with Crippen molar-refractivity contribution in [2.24, 2.45) is 0 Å². The van der Waals surface area contributed by atoms with Crippen molar-refractivity contribution in [3.05, 3.63) is 176 Å². The summed E-state index contributed by atoms with van der Waals surface area (Å²) in [5, 5.41) is 6.61. The van der Waals surface area contributed by atoms with Crippen molar-refractivity contribution >= 4 is 56.8 Å². The number of aryl methyl sites for hydroxylation is 1. The topological polar surface area (TPSA) is 30.7 Å². The fourth-order valence-electron chi connectivity index (χ4n) is 7.59. The van der Waals surface area contributed by atoms with Gasteiger partial charge in [0, 0.05) is 17.5 Å². The first kappa shape index (κ1) is 28.4. The third kappa shape index (κ3) is 4.56. The van der Waals surface area contributed by atoms with E-state index >= 15 is 0 Å². The van der Waals surface area contributed by atoms with E-state index in [1.165, 1.54) is 31.9 Å². The number of imidazole rings is 1. The summed E-state index contributed by atoms with van der Waals surface area (Å²) >= 11 is 0. The van der Waals surface area contributed by atoms with Crippen LogP contribution in [0.1, 0.15) is 12.2 Å². The Morgan fingerprint density at radius 2 is 0.979 bits per heavy atom. The van der Waals surface area contributed by atoms with Crippen LogP contribution in [0.2, 0.25) is 0 Å². The second-order valence-electron chi connectivity index (χ2n) is 12.5. The van der Waals surface area contributed by atoms with Gasteiger partial charge >= 0.3 is 0 Å². The maximum absolute atomic E-state index is 5.20. The summed E-state index contributed by atoms with van der Waals surface area (Å²) in [6.07, 6.45) is 5.35. The number of fused-ring (bicyclic) bond motifs is 5. The van der Waals surface area contributed by atoms with Gasteiger partial charge in [0.1, 0.15) is 11.3 Å². The van der Waals surface area contributed by atoms with Crippen LogP contribution in [0, 0.1) is 0 Å². The maximum atomic E-state index is 5.20. The van der Waals surface area contributed by atoms with Crippen LogP contribution in [-0.2, 0) is 6.54 Å². The molecular formula is C44H33N3Si. The number of allylic oxidation sites excluding steroid dienone is 1. The lowest BCUT2D eigenvalue weighted by atomic mass is 10.0. The van der Waals surface area contributed by atoms with E-state index in [1.54, 1.807) is 0 Å². The molecule has 0 unspecified atom stereocenters. The molecule has 0 fully saturated rings. The third-order valence-corrected chi connectivity index (χ3v) is 14.6. The van der Waals surface area contributed by atoms with Crippen molar-refractivity contribution in [1.82, 2.24) is 14.5 Å². The number of benzene rings is 6. The Balaban J connectivity index is 1.14. The summed E-state index contributed by atoms with van der Waals surface area (Å²) in [5.41, 5.74) is 7.60. The van der Waals surface area contributed by atoms with E-state index in [-0.39, 0.29) is 0 Å². The maximum Gasteiger partial charge on any atom is 0.179 e. The van der Waals surface area contributed by atoms with Gasteiger partial charge < -0.3 is 4.57 Å². The van der Waals surface area contributed by atoms with E-state index in [1.807, 2.05) is 0 Å². The molecule has 0 amide bonds. The molecule has 0 spiro atoms. The molecule has 0 saturated carbocycles. The molecule has 8 aromatic rings. The molecule has 0 aliphatic carbocycles. The average Bonchev–Trinajstić information content (AvgIpc) is 3.57. The first-order valence-electron chi connectivity index (χ1n) is 16.6. The van der Waals surface area contributed by atoms with E-state index in [0.29, 0.717) is 0 Å². The number of hydrogen-bond donors (Lipinski definition) is 0. The number of rotatable bonds is 6. The fourth-order valence-corrected chi connectivity index (χ4v) is 12.3. The highest BCUT2D eigenvalue weighted by Gasteiger charge is 2.41.